The van der Waals surface area contributed by atoms with Crippen LogP contribution in [-0.4, -0.2) is 11.1 Å². The first-order valence-electron chi connectivity index (χ1n) is 10.4. The van der Waals surface area contributed by atoms with Gasteiger partial charge in [-0.15, -0.1) is 0 Å². The topological polar surface area (TPSA) is 37.3 Å². The predicted molar refractivity (Wildman–Crippen MR) is 101 cm³/mol. The number of hydrogen-bond acceptors (Lipinski definition) is 1. The van der Waals surface area contributed by atoms with Crippen molar-refractivity contribution in [3.05, 3.63) is 0 Å². The molecule has 138 valence electrons. The van der Waals surface area contributed by atoms with Gasteiger partial charge in [-0.05, 0) is 19.3 Å². The Kier molecular flexibility index (Phi) is 14.7. The van der Waals surface area contributed by atoms with Gasteiger partial charge >= 0.3 is 5.97 Å². The van der Waals surface area contributed by atoms with E-state index in [0.717, 1.165) is 51.4 Å². The van der Waals surface area contributed by atoms with Crippen LogP contribution in [0.4, 0.5) is 0 Å². The smallest absolute Gasteiger partial charge is 0.309 e. The van der Waals surface area contributed by atoms with E-state index in [1.165, 1.54) is 51.4 Å². The Morgan fingerprint density at radius 1 is 0.609 bits per heavy atom. The van der Waals surface area contributed by atoms with Crippen LogP contribution < -0.4 is 0 Å². The highest BCUT2D eigenvalue weighted by atomic mass is 16.4. The minimum atomic E-state index is -0.543. The minimum absolute atomic E-state index is 0.437. The van der Waals surface area contributed by atoms with Crippen molar-refractivity contribution >= 4 is 5.97 Å². The lowest BCUT2D eigenvalue weighted by atomic mass is 9.74. The maximum absolute atomic E-state index is 11.9. The van der Waals surface area contributed by atoms with Gasteiger partial charge < -0.3 is 5.11 Å². The molecule has 0 aromatic rings. The Bertz CT molecular complexity index is 265. The summed E-state index contributed by atoms with van der Waals surface area (Å²) in [4.78, 5) is 11.9. The van der Waals surface area contributed by atoms with Crippen molar-refractivity contribution in [2.45, 2.75) is 124 Å². The fourth-order valence-electron chi connectivity index (χ4n) is 3.50. The summed E-state index contributed by atoms with van der Waals surface area (Å²) in [5.74, 6) is -0.543. The molecule has 0 heterocycles. The number of aliphatic carboxylic acids is 1. The lowest BCUT2D eigenvalue weighted by Gasteiger charge is -2.29. The molecular formula is C21H42O2. The standard InChI is InChI=1S/C21H42O2/c1-4-7-10-11-12-13-14-15-16-19-21(20(22)23,17-8-5-2)18-9-6-3/h4-19H2,1-3H3,(H,22,23). The van der Waals surface area contributed by atoms with Gasteiger partial charge in [0.25, 0.3) is 0 Å². The van der Waals surface area contributed by atoms with Crippen LogP contribution >= 0.6 is 0 Å². The second-order valence-electron chi connectivity index (χ2n) is 7.37. The largest absolute Gasteiger partial charge is 0.481 e. The van der Waals surface area contributed by atoms with E-state index in [1.807, 2.05) is 0 Å². The zero-order valence-electron chi connectivity index (χ0n) is 16.2. The minimum Gasteiger partial charge on any atom is -0.481 e. The van der Waals surface area contributed by atoms with Crippen molar-refractivity contribution in [3.8, 4) is 0 Å². The average Bonchev–Trinajstić information content (AvgIpc) is 2.55. The Hall–Kier alpha value is -0.530. The molecule has 0 aliphatic rings. The van der Waals surface area contributed by atoms with Crippen LogP contribution in [0.3, 0.4) is 0 Å². The second-order valence-corrected chi connectivity index (χ2v) is 7.37. The van der Waals surface area contributed by atoms with E-state index < -0.39 is 11.4 Å². The van der Waals surface area contributed by atoms with Gasteiger partial charge in [0.15, 0.2) is 0 Å². The number of carbonyl (C=O) groups is 1. The molecule has 0 saturated carbocycles. The van der Waals surface area contributed by atoms with Crippen LogP contribution in [0.25, 0.3) is 0 Å². The molecule has 1 N–H and O–H groups in total. The van der Waals surface area contributed by atoms with Gasteiger partial charge in [0.2, 0.25) is 0 Å². The molecule has 23 heavy (non-hydrogen) atoms. The van der Waals surface area contributed by atoms with Gasteiger partial charge in [-0.25, -0.2) is 0 Å². The number of unbranched alkanes of at least 4 members (excludes halogenated alkanes) is 10. The molecule has 0 aliphatic heterocycles. The molecule has 0 amide bonds. The second kappa shape index (κ2) is 15.0. The number of hydrogen-bond donors (Lipinski definition) is 1. The Morgan fingerprint density at radius 2 is 0.957 bits per heavy atom. The molecule has 0 saturated heterocycles. The molecule has 0 atom stereocenters. The molecule has 0 fully saturated rings. The zero-order valence-corrected chi connectivity index (χ0v) is 16.2. The Labute approximate surface area is 145 Å². The number of carboxylic acids is 1. The fourth-order valence-corrected chi connectivity index (χ4v) is 3.50. The first-order chi connectivity index (χ1) is 11.1. The van der Waals surface area contributed by atoms with Crippen LogP contribution in [0, 0.1) is 5.41 Å². The summed E-state index contributed by atoms with van der Waals surface area (Å²) in [5, 5.41) is 9.80. The summed E-state index contributed by atoms with van der Waals surface area (Å²) in [6.07, 6.45) is 18.6. The summed E-state index contributed by atoms with van der Waals surface area (Å²) >= 11 is 0. The van der Waals surface area contributed by atoms with E-state index in [2.05, 4.69) is 20.8 Å². The summed E-state index contributed by atoms with van der Waals surface area (Å²) in [6.45, 7) is 6.57. The maximum atomic E-state index is 11.9. The van der Waals surface area contributed by atoms with E-state index in [4.69, 9.17) is 0 Å². The molecule has 0 rings (SSSR count). The van der Waals surface area contributed by atoms with Crippen molar-refractivity contribution in [2.75, 3.05) is 0 Å². The fraction of sp³-hybridized carbons (Fsp3) is 0.952. The van der Waals surface area contributed by atoms with E-state index in [9.17, 15) is 9.90 Å². The molecule has 0 aliphatic carbocycles. The third-order valence-electron chi connectivity index (χ3n) is 5.23. The van der Waals surface area contributed by atoms with Gasteiger partial charge in [0, 0.05) is 0 Å². The first kappa shape index (κ1) is 22.5. The Balaban J connectivity index is 4.05. The lowest BCUT2D eigenvalue weighted by Crippen LogP contribution is -2.31. The highest BCUT2D eigenvalue weighted by molar-refractivity contribution is 5.74. The maximum Gasteiger partial charge on any atom is 0.309 e. The van der Waals surface area contributed by atoms with Crippen molar-refractivity contribution in [1.82, 2.24) is 0 Å². The van der Waals surface area contributed by atoms with Gasteiger partial charge in [-0.3, -0.25) is 4.79 Å². The van der Waals surface area contributed by atoms with Gasteiger partial charge in [0.1, 0.15) is 0 Å². The van der Waals surface area contributed by atoms with Crippen LogP contribution in [0.15, 0.2) is 0 Å². The lowest BCUT2D eigenvalue weighted by molar-refractivity contribution is -0.150. The number of carboxylic acid groups (broad SMARTS) is 1. The van der Waals surface area contributed by atoms with Crippen molar-refractivity contribution in [1.29, 1.82) is 0 Å². The van der Waals surface area contributed by atoms with Crippen LogP contribution in [-0.2, 0) is 4.79 Å². The van der Waals surface area contributed by atoms with Gasteiger partial charge in [-0.1, -0.05) is 104 Å². The average molecular weight is 327 g/mol. The highest BCUT2D eigenvalue weighted by Crippen LogP contribution is 2.37. The van der Waals surface area contributed by atoms with Gasteiger partial charge in [0.05, 0.1) is 5.41 Å². The third-order valence-corrected chi connectivity index (χ3v) is 5.23. The monoisotopic (exact) mass is 326 g/mol. The molecule has 0 aromatic carbocycles. The summed E-state index contributed by atoms with van der Waals surface area (Å²) in [5.41, 5.74) is -0.437. The summed E-state index contributed by atoms with van der Waals surface area (Å²) in [6, 6.07) is 0. The Morgan fingerprint density at radius 3 is 1.35 bits per heavy atom. The highest BCUT2D eigenvalue weighted by Gasteiger charge is 2.36. The molecule has 0 radical (unpaired) electrons. The normalized spacial score (nSPS) is 11.8. The van der Waals surface area contributed by atoms with Gasteiger partial charge in [-0.2, -0.15) is 0 Å². The molecule has 2 nitrogen and oxygen atoms in total. The predicted octanol–water partition coefficient (Wildman–Crippen LogP) is 7.36. The van der Waals surface area contributed by atoms with E-state index in [0.29, 0.717) is 0 Å². The molecule has 0 unspecified atom stereocenters. The molecule has 2 heteroatoms. The molecule has 0 bridgehead atoms. The third kappa shape index (κ3) is 10.8. The van der Waals surface area contributed by atoms with Crippen molar-refractivity contribution < 1.29 is 9.90 Å². The molecule has 0 spiro atoms. The SMILES string of the molecule is CCCCCCCCCCCC(CCCC)(CCCC)C(=O)O. The van der Waals surface area contributed by atoms with E-state index >= 15 is 0 Å². The molecular weight excluding hydrogens is 284 g/mol. The van der Waals surface area contributed by atoms with Crippen LogP contribution in [0.5, 0.6) is 0 Å². The molecule has 0 aromatic heterocycles. The summed E-state index contributed by atoms with van der Waals surface area (Å²) < 4.78 is 0. The number of rotatable bonds is 17. The first-order valence-corrected chi connectivity index (χ1v) is 10.4. The quantitative estimate of drug-likeness (QED) is 0.283. The van der Waals surface area contributed by atoms with Crippen molar-refractivity contribution in [2.24, 2.45) is 5.41 Å². The van der Waals surface area contributed by atoms with E-state index in [-0.39, 0.29) is 0 Å². The van der Waals surface area contributed by atoms with Crippen molar-refractivity contribution in [3.63, 3.8) is 0 Å². The van der Waals surface area contributed by atoms with Crippen LogP contribution in [0.2, 0.25) is 0 Å². The van der Waals surface area contributed by atoms with E-state index in [1.54, 1.807) is 0 Å². The van der Waals surface area contributed by atoms with Crippen LogP contribution in [0.1, 0.15) is 124 Å². The zero-order chi connectivity index (χ0) is 17.4. The summed E-state index contributed by atoms with van der Waals surface area (Å²) in [7, 11) is 0.